The number of benzene rings is 1. The van der Waals surface area contributed by atoms with Gasteiger partial charge in [-0.3, -0.25) is 14.4 Å². The Balaban J connectivity index is 1.53. The molecule has 4 aliphatic rings. The number of carbonyl (C=O) groups excluding carboxylic acids is 3. The van der Waals surface area contributed by atoms with E-state index in [1.165, 1.54) is 16.0 Å². The Hall–Kier alpha value is -2.37. The minimum atomic E-state index is -0.197. The minimum absolute atomic E-state index is 0.00943. The normalized spacial score (nSPS) is 24.0. The Morgan fingerprint density at radius 1 is 1.11 bits per heavy atom. The lowest BCUT2D eigenvalue weighted by molar-refractivity contribution is -0.145. The molecule has 2 bridgehead atoms. The number of fused-ring (bicyclic) bond motifs is 5. The summed E-state index contributed by atoms with van der Waals surface area (Å²) >= 11 is 0. The van der Waals surface area contributed by atoms with E-state index in [1.807, 2.05) is 17.0 Å². The molecule has 1 aromatic rings. The molecule has 0 spiro atoms. The molecule has 0 radical (unpaired) electrons. The van der Waals surface area contributed by atoms with Gasteiger partial charge in [-0.1, -0.05) is 6.07 Å². The molecule has 6 nitrogen and oxygen atoms in total. The molecule has 144 valence electrons. The molecule has 1 aromatic carbocycles. The van der Waals surface area contributed by atoms with Gasteiger partial charge in [0.05, 0.1) is 5.92 Å². The summed E-state index contributed by atoms with van der Waals surface area (Å²) < 4.78 is 0. The maximum Gasteiger partial charge on any atom is 0.253 e. The van der Waals surface area contributed by atoms with Gasteiger partial charge in [0.1, 0.15) is 6.54 Å². The Morgan fingerprint density at radius 3 is 2.67 bits per heavy atom. The molecule has 0 saturated carbocycles. The van der Waals surface area contributed by atoms with Crippen molar-refractivity contribution in [2.75, 3.05) is 33.7 Å². The minimum Gasteiger partial charge on any atom is -0.347 e. The zero-order chi connectivity index (χ0) is 19.1. The van der Waals surface area contributed by atoms with E-state index in [9.17, 15) is 14.4 Å². The molecule has 2 atom stereocenters. The lowest BCUT2D eigenvalue weighted by Crippen LogP contribution is -2.51. The van der Waals surface area contributed by atoms with Crippen LogP contribution in [0.5, 0.6) is 0 Å². The third-order valence-electron chi connectivity index (χ3n) is 6.23. The highest BCUT2D eigenvalue weighted by Gasteiger charge is 2.42. The summed E-state index contributed by atoms with van der Waals surface area (Å²) in [6, 6.07) is 5.97. The van der Waals surface area contributed by atoms with E-state index in [0.29, 0.717) is 13.1 Å². The molecule has 0 aromatic heterocycles. The molecule has 3 aliphatic heterocycles. The second-order valence-electron chi connectivity index (χ2n) is 8.23. The Kier molecular flexibility index (Phi) is 4.66. The quantitative estimate of drug-likeness (QED) is 0.808. The number of likely N-dealkylation sites (N-methyl/N-ethyl adjacent to an activating group) is 1. The van der Waals surface area contributed by atoms with Crippen molar-refractivity contribution in [3.8, 4) is 0 Å². The van der Waals surface area contributed by atoms with Crippen molar-refractivity contribution < 1.29 is 14.4 Å². The van der Waals surface area contributed by atoms with Crippen LogP contribution in [-0.4, -0.2) is 72.2 Å². The third kappa shape index (κ3) is 3.33. The second-order valence-corrected chi connectivity index (χ2v) is 8.23. The van der Waals surface area contributed by atoms with E-state index >= 15 is 0 Å². The maximum atomic E-state index is 13.1. The number of nitrogens with zero attached hydrogens (tertiary/aromatic N) is 3. The van der Waals surface area contributed by atoms with Gasteiger partial charge >= 0.3 is 0 Å². The van der Waals surface area contributed by atoms with E-state index in [-0.39, 0.29) is 36.2 Å². The molecular formula is C21H27N3O3. The first-order valence-corrected chi connectivity index (χ1v) is 9.85. The van der Waals surface area contributed by atoms with Crippen molar-refractivity contribution in [2.45, 2.75) is 38.1 Å². The number of hydrogen-bond donors (Lipinski definition) is 0. The van der Waals surface area contributed by atoms with Crippen LogP contribution in [0.1, 0.15) is 40.7 Å². The summed E-state index contributed by atoms with van der Waals surface area (Å²) in [7, 11) is 3.40. The average molecular weight is 369 g/mol. The zero-order valence-electron chi connectivity index (χ0n) is 16.1. The van der Waals surface area contributed by atoms with Crippen molar-refractivity contribution in [2.24, 2.45) is 5.92 Å². The van der Waals surface area contributed by atoms with Gasteiger partial charge in [0.15, 0.2) is 0 Å². The molecule has 5 rings (SSSR count). The number of amides is 3. The Labute approximate surface area is 160 Å². The van der Waals surface area contributed by atoms with Crippen LogP contribution in [0, 0.1) is 5.92 Å². The van der Waals surface area contributed by atoms with Gasteiger partial charge in [0, 0.05) is 38.8 Å². The van der Waals surface area contributed by atoms with Gasteiger partial charge in [-0.05, 0) is 55.4 Å². The standard InChI is InChI=1S/C21H27N3O3/c1-22(2)19(25)13-24-18-9-8-17(21(24)27)11-23(12-18)20(26)16-7-6-14-4-3-5-15(14)10-16/h6-7,10,17-18H,3-5,8-9,11-13H2,1-2H3/t17-,18+/m0/s1. The second kappa shape index (κ2) is 6.98. The summed E-state index contributed by atoms with van der Waals surface area (Å²) in [6.07, 6.45) is 4.95. The fourth-order valence-electron chi connectivity index (χ4n) is 4.59. The van der Waals surface area contributed by atoms with Crippen LogP contribution < -0.4 is 0 Å². The number of piperidine rings is 1. The van der Waals surface area contributed by atoms with Crippen LogP contribution in [-0.2, 0) is 22.4 Å². The first-order valence-electron chi connectivity index (χ1n) is 9.85. The fourth-order valence-corrected chi connectivity index (χ4v) is 4.59. The molecule has 1 aliphatic carbocycles. The van der Waals surface area contributed by atoms with Crippen molar-refractivity contribution >= 4 is 17.7 Å². The van der Waals surface area contributed by atoms with Crippen LogP contribution in [0.25, 0.3) is 0 Å². The van der Waals surface area contributed by atoms with E-state index in [2.05, 4.69) is 6.07 Å². The molecule has 27 heavy (non-hydrogen) atoms. The number of carbonyl (C=O) groups is 3. The fraction of sp³-hybridized carbons (Fsp3) is 0.571. The highest BCUT2D eigenvalue weighted by Crippen LogP contribution is 2.30. The monoisotopic (exact) mass is 369 g/mol. The highest BCUT2D eigenvalue weighted by atomic mass is 16.2. The predicted molar refractivity (Wildman–Crippen MR) is 101 cm³/mol. The van der Waals surface area contributed by atoms with Crippen LogP contribution in [0.3, 0.4) is 0 Å². The van der Waals surface area contributed by atoms with Gasteiger partial charge in [-0.2, -0.15) is 0 Å². The van der Waals surface area contributed by atoms with E-state index in [1.54, 1.807) is 19.0 Å². The number of aryl methyl sites for hydroxylation is 2. The maximum absolute atomic E-state index is 13.1. The largest absolute Gasteiger partial charge is 0.347 e. The zero-order valence-corrected chi connectivity index (χ0v) is 16.1. The van der Waals surface area contributed by atoms with Gasteiger partial charge < -0.3 is 14.7 Å². The van der Waals surface area contributed by atoms with Crippen LogP contribution in [0.4, 0.5) is 0 Å². The number of hydrogen-bond acceptors (Lipinski definition) is 3. The molecule has 3 fully saturated rings. The summed E-state index contributed by atoms with van der Waals surface area (Å²) in [5.74, 6) is -0.245. The van der Waals surface area contributed by atoms with Crippen molar-refractivity contribution in [3.05, 3.63) is 34.9 Å². The SMILES string of the molecule is CN(C)C(=O)CN1C(=O)[C@H]2CC[C@@H]1CN(C(=O)c1ccc3c(c1)CCC3)C2. The van der Waals surface area contributed by atoms with E-state index < -0.39 is 0 Å². The van der Waals surface area contributed by atoms with Gasteiger partial charge in [-0.15, -0.1) is 0 Å². The molecule has 6 heteroatoms. The topological polar surface area (TPSA) is 60.9 Å². The van der Waals surface area contributed by atoms with Gasteiger partial charge in [0.2, 0.25) is 11.8 Å². The summed E-state index contributed by atoms with van der Waals surface area (Å²) in [6.45, 7) is 1.07. The highest BCUT2D eigenvalue weighted by molar-refractivity contribution is 5.95. The molecule has 0 N–H and O–H groups in total. The Bertz CT molecular complexity index is 789. The smallest absolute Gasteiger partial charge is 0.253 e. The first-order chi connectivity index (χ1) is 12.9. The molecule has 0 unspecified atom stereocenters. The van der Waals surface area contributed by atoms with Crippen molar-refractivity contribution in [1.29, 1.82) is 0 Å². The summed E-state index contributed by atoms with van der Waals surface area (Å²) in [4.78, 5) is 43.2. The Morgan fingerprint density at radius 2 is 1.89 bits per heavy atom. The van der Waals surface area contributed by atoms with Gasteiger partial charge in [-0.25, -0.2) is 0 Å². The van der Waals surface area contributed by atoms with Crippen LogP contribution in [0.2, 0.25) is 0 Å². The third-order valence-corrected chi connectivity index (χ3v) is 6.23. The van der Waals surface area contributed by atoms with Crippen molar-refractivity contribution in [3.63, 3.8) is 0 Å². The predicted octanol–water partition coefficient (Wildman–Crippen LogP) is 1.33. The lowest BCUT2D eigenvalue weighted by atomic mass is 9.94. The van der Waals surface area contributed by atoms with E-state index in [4.69, 9.17) is 0 Å². The number of rotatable bonds is 3. The molecule has 3 heterocycles. The first kappa shape index (κ1) is 18.0. The van der Waals surface area contributed by atoms with Gasteiger partial charge in [0.25, 0.3) is 5.91 Å². The molecule has 3 saturated heterocycles. The van der Waals surface area contributed by atoms with Crippen LogP contribution in [0.15, 0.2) is 18.2 Å². The van der Waals surface area contributed by atoms with Crippen molar-refractivity contribution in [1.82, 2.24) is 14.7 Å². The lowest BCUT2D eigenvalue weighted by Gasteiger charge is -2.35. The average Bonchev–Trinajstić information content (AvgIpc) is 2.96. The van der Waals surface area contributed by atoms with Crippen LogP contribution >= 0.6 is 0 Å². The summed E-state index contributed by atoms with van der Waals surface area (Å²) in [5, 5.41) is 0. The molecular weight excluding hydrogens is 342 g/mol. The van der Waals surface area contributed by atoms with E-state index in [0.717, 1.165) is 37.7 Å². The summed E-state index contributed by atoms with van der Waals surface area (Å²) in [5.41, 5.74) is 3.36. The molecule has 3 amide bonds.